The molecular weight excluding hydrogens is 210 g/mol. The van der Waals surface area contributed by atoms with Gasteiger partial charge >= 0.3 is 0 Å². The zero-order valence-corrected chi connectivity index (χ0v) is 11.7. The van der Waals surface area contributed by atoms with Gasteiger partial charge < -0.3 is 4.90 Å². The SMILES string of the molecule is CC(C)(C)C1=NC2C(C=C1)N=CN2C(C)(C)C. The predicted octanol–water partition coefficient (Wildman–Crippen LogP) is 2.88. The van der Waals surface area contributed by atoms with Crippen LogP contribution < -0.4 is 0 Å². The lowest BCUT2D eigenvalue weighted by Gasteiger charge is -2.38. The van der Waals surface area contributed by atoms with Gasteiger partial charge in [0.15, 0.2) is 0 Å². The molecule has 0 saturated heterocycles. The van der Waals surface area contributed by atoms with Gasteiger partial charge in [0.25, 0.3) is 0 Å². The van der Waals surface area contributed by atoms with Crippen LogP contribution in [0, 0.1) is 5.41 Å². The van der Waals surface area contributed by atoms with Crippen LogP contribution >= 0.6 is 0 Å². The molecule has 2 atom stereocenters. The standard InChI is InChI=1S/C14H23N3/c1-13(2,3)11-8-7-10-12(16-11)17(9-15-10)14(4,5)6/h7-10,12H,1-6H3. The van der Waals surface area contributed by atoms with Gasteiger partial charge in [-0.25, -0.2) is 0 Å². The van der Waals surface area contributed by atoms with E-state index < -0.39 is 0 Å². The second-order valence-electron chi connectivity index (χ2n) is 6.87. The predicted molar refractivity (Wildman–Crippen MR) is 73.7 cm³/mol. The Bertz CT molecular complexity index is 391. The van der Waals surface area contributed by atoms with Crippen molar-refractivity contribution in [1.29, 1.82) is 0 Å². The Labute approximate surface area is 104 Å². The number of hydrogen-bond donors (Lipinski definition) is 0. The molecule has 0 aromatic heterocycles. The minimum Gasteiger partial charge on any atom is -0.334 e. The van der Waals surface area contributed by atoms with Gasteiger partial charge in [-0.3, -0.25) is 9.98 Å². The van der Waals surface area contributed by atoms with E-state index >= 15 is 0 Å². The summed E-state index contributed by atoms with van der Waals surface area (Å²) < 4.78 is 0. The lowest BCUT2D eigenvalue weighted by molar-refractivity contribution is 0.193. The molecule has 0 radical (unpaired) electrons. The highest BCUT2D eigenvalue weighted by molar-refractivity contribution is 6.00. The lowest BCUT2D eigenvalue weighted by atomic mass is 9.87. The highest BCUT2D eigenvalue weighted by Crippen LogP contribution is 2.30. The molecule has 0 fully saturated rings. The number of rotatable bonds is 0. The Hall–Kier alpha value is -1.12. The second kappa shape index (κ2) is 3.69. The van der Waals surface area contributed by atoms with E-state index in [-0.39, 0.29) is 23.2 Å². The summed E-state index contributed by atoms with van der Waals surface area (Å²) in [6, 6.07) is 0.195. The molecule has 0 aromatic rings. The molecule has 3 heteroatoms. The Morgan fingerprint density at radius 1 is 1.12 bits per heavy atom. The number of aliphatic imine (C=N–C) groups is 2. The van der Waals surface area contributed by atoms with Gasteiger partial charge in [-0.05, 0) is 26.8 Å². The van der Waals surface area contributed by atoms with Gasteiger partial charge in [0.05, 0.1) is 6.34 Å². The topological polar surface area (TPSA) is 28.0 Å². The Balaban J connectivity index is 2.29. The number of fused-ring (bicyclic) bond motifs is 1. The van der Waals surface area contributed by atoms with Crippen molar-refractivity contribution in [1.82, 2.24) is 4.90 Å². The average molecular weight is 233 g/mol. The molecule has 0 saturated carbocycles. The first kappa shape index (κ1) is 12.3. The van der Waals surface area contributed by atoms with Crippen LogP contribution in [0.15, 0.2) is 22.1 Å². The fourth-order valence-corrected chi connectivity index (χ4v) is 2.14. The van der Waals surface area contributed by atoms with E-state index in [9.17, 15) is 0 Å². The van der Waals surface area contributed by atoms with Crippen molar-refractivity contribution in [3.8, 4) is 0 Å². The molecule has 3 nitrogen and oxygen atoms in total. The van der Waals surface area contributed by atoms with Crippen LogP contribution in [0.25, 0.3) is 0 Å². The highest BCUT2D eigenvalue weighted by Gasteiger charge is 2.37. The van der Waals surface area contributed by atoms with Crippen LogP contribution in [-0.2, 0) is 0 Å². The van der Waals surface area contributed by atoms with Gasteiger partial charge in [-0.15, -0.1) is 0 Å². The molecule has 0 aromatic carbocycles. The summed E-state index contributed by atoms with van der Waals surface area (Å²) in [5.41, 5.74) is 1.34. The normalized spacial score (nSPS) is 28.4. The monoisotopic (exact) mass is 233 g/mol. The molecule has 94 valence electrons. The molecule has 0 aliphatic carbocycles. The van der Waals surface area contributed by atoms with Gasteiger partial charge in [0.2, 0.25) is 0 Å². The van der Waals surface area contributed by atoms with Crippen LogP contribution in [0.2, 0.25) is 0 Å². The number of allylic oxidation sites excluding steroid dienone is 1. The summed E-state index contributed by atoms with van der Waals surface area (Å²) in [6.07, 6.45) is 6.41. The number of nitrogens with zero attached hydrogens (tertiary/aromatic N) is 3. The molecule has 2 aliphatic rings. The third-order valence-corrected chi connectivity index (χ3v) is 3.22. The van der Waals surface area contributed by atoms with E-state index in [2.05, 4.69) is 63.6 Å². The smallest absolute Gasteiger partial charge is 0.148 e. The van der Waals surface area contributed by atoms with Crippen LogP contribution in [0.3, 0.4) is 0 Å². The number of hydrogen-bond acceptors (Lipinski definition) is 3. The van der Waals surface area contributed by atoms with Crippen LogP contribution in [0.4, 0.5) is 0 Å². The number of dihydropyridines is 1. The van der Waals surface area contributed by atoms with Crippen LogP contribution in [0.1, 0.15) is 41.5 Å². The van der Waals surface area contributed by atoms with Crippen molar-refractivity contribution in [2.75, 3.05) is 0 Å². The van der Waals surface area contributed by atoms with E-state index in [0.29, 0.717) is 0 Å². The summed E-state index contributed by atoms with van der Waals surface area (Å²) in [5, 5.41) is 0. The highest BCUT2D eigenvalue weighted by atomic mass is 15.4. The largest absolute Gasteiger partial charge is 0.334 e. The summed E-state index contributed by atoms with van der Waals surface area (Å²) in [4.78, 5) is 11.7. The van der Waals surface area contributed by atoms with Gasteiger partial charge in [0.1, 0.15) is 12.2 Å². The van der Waals surface area contributed by atoms with Crippen molar-refractivity contribution in [3.05, 3.63) is 12.2 Å². The molecule has 2 unspecified atom stereocenters. The maximum absolute atomic E-state index is 4.89. The Kier molecular flexibility index (Phi) is 2.68. The van der Waals surface area contributed by atoms with Gasteiger partial charge in [0, 0.05) is 16.7 Å². The van der Waals surface area contributed by atoms with Crippen molar-refractivity contribution in [2.24, 2.45) is 15.4 Å². The van der Waals surface area contributed by atoms with Crippen molar-refractivity contribution < 1.29 is 0 Å². The van der Waals surface area contributed by atoms with E-state index in [4.69, 9.17) is 4.99 Å². The third-order valence-electron chi connectivity index (χ3n) is 3.22. The average Bonchev–Trinajstić information content (AvgIpc) is 2.57. The van der Waals surface area contributed by atoms with Gasteiger partial charge in [-0.2, -0.15) is 0 Å². The van der Waals surface area contributed by atoms with Crippen molar-refractivity contribution in [2.45, 2.75) is 59.3 Å². The quantitative estimate of drug-likeness (QED) is 0.632. The van der Waals surface area contributed by atoms with Crippen LogP contribution in [0.5, 0.6) is 0 Å². The summed E-state index contributed by atoms with van der Waals surface area (Å²) in [5.74, 6) is 0. The first-order valence-corrected chi connectivity index (χ1v) is 6.28. The molecule has 0 spiro atoms. The molecule has 0 N–H and O–H groups in total. The molecule has 0 bridgehead atoms. The summed E-state index contributed by atoms with van der Waals surface area (Å²) in [6.45, 7) is 13.2. The Morgan fingerprint density at radius 3 is 2.29 bits per heavy atom. The van der Waals surface area contributed by atoms with E-state index in [1.165, 1.54) is 5.71 Å². The molecular formula is C14H23N3. The minimum absolute atomic E-state index is 0.0700. The molecule has 2 heterocycles. The van der Waals surface area contributed by atoms with Gasteiger partial charge in [-0.1, -0.05) is 26.8 Å². The minimum atomic E-state index is 0.0700. The zero-order chi connectivity index (χ0) is 12.8. The third kappa shape index (κ3) is 2.28. The summed E-state index contributed by atoms with van der Waals surface area (Å²) >= 11 is 0. The molecule has 2 rings (SSSR count). The Morgan fingerprint density at radius 2 is 1.76 bits per heavy atom. The fraction of sp³-hybridized carbons (Fsp3) is 0.714. The lowest BCUT2D eigenvalue weighted by Crippen LogP contribution is -2.48. The van der Waals surface area contributed by atoms with E-state index in [1.807, 2.05) is 6.34 Å². The first-order chi connectivity index (χ1) is 7.69. The summed E-state index contributed by atoms with van der Waals surface area (Å²) in [7, 11) is 0. The molecule has 0 amide bonds. The van der Waals surface area contributed by atoms with Crippen LogP contribution in [-0.4, -0.2) is 34.7 Å². The fourth-order valence-electron chi connectivity index (χ4n) is 2.14. The van der Waals surface area contributed by atoms with E-state index in [1.54, 1.807) is 0 Å². The first-order valence-electron chi connectivity index (χ1n) is 6.28. The maximum Gasteiger partial charge on any atom is 0.148 e. The molecule has 2 aliphatic heterocycles. The second-order valence-corrected chi connectivity index (χ2v) is 6.87. The van der Waals surface area contributed by atoms with Crippen molar-refractivity contribution in [3.63, 3.8) is 0 Å². The van der Waals surface area contributed by atoms with E-state index in [0.717, 1.165) is 0 Å². The van der Waals surface area contributed by atoms with Crippen molar-refractivity contribution >= 4 is 12.1 Å². The molecule has 17 heavy (non-hydrogen) atoms. The maximum atomic E-state index is 4.89. The zero-order valence-electron chi connectivity index (χ0n) is 11.7.